The maximum atomic E-state index is 14.1. The lowest BCUT2D eigenvalue weighted by Crippen LogP contribution is -2.29. The lowest BCUT2D eigenvalue weighted by Gasteiger charge is -2.18. The molecule has 20 heavy (non-hydrogen) atoms. The van der Waals surface area contributed by atoms with Gasteiger partial charge in [0.2, 0.25) is 0 Å². The number of hydrazine groups is 1. The molecule has 0 heterocycles. The van der Waals surface area contributed by atoms with E-state index in [9.17, 15) is 4.39 Å². The Morgan fingerprint density at radius 3 is 2.40 bits per heavy atom. The molecule has 1 atom stereocenters. The second-order valence-corrected chi connectivity index (χ2v) is 5.12. The number of halogens is 1. The topological polar surface area (TPSA) is 38.0 Å². The minimum atomic E-state index is -0.328. The van der Waals surface area contributed by atoms with E-state index < -0.39 is 0 Å². The molecule has 0 radical (unpaired) electrons. The Morgan fingerprint density at radius 1 is 1.15 bits per heavy atom. The van der Waals surface area contributed by atoms with Crippen LogP contribution in [0.2, 0.25) is 0 Å². The number of aryl methyl sites for hydroxylation is 2. The lowest BCUT2D eigenvalue weighted by atomic mass is 9.96. The van der Waals surface area contributed by atoms with Gasteiger partial charge < -0.3 is 0 Å². The number of hydrogen-bond donors (Lipinski definition) is 2. The van der Waals surface area contributed by atoms with Crippen LogP contribution in [-0.2, 0) is 6.42 Å². The maximum absolute atomic E-state index is 14.1. The van der Waals surface area contributed by atoms with Crippen LogP contribution in [0.15, 0.2) is 42.5 Å². The Labute approximate surface area is 119 Å². The Morgan fingerprint density at radius 2 is 1.85 bits per heavy atom. The summed E-state index contributed by atoms with van der Waals surface area (Å²) in [7, 11) is 0. The van der Waals surface area contributed by atoms with E-state index in [1.165, 1.54) is 11.6 Å². The molecule has 0 saturated carbocycles. The summed E-state index contributed by atoms with van der Waals surface area (Å²) in [5, 5.41) is 0. The first-order valence-corrected chi connectivity index (χ1v) is 6.96. The summed E-state index contributed by atoms with van der Waals surface area (Å²) in [6, 6.07) is 13.1. The van der Waals surface area contributed by atoms with E-state index in [2.05, 4.69) is 24.5 Å². The number of benzene rings is 2. The first-order valence-electron chi connectivity index (χ1n) is 6.96. The minimum Gasteiger partial charge on any atom is -0.271 e. The van der Waals surface area contributed by atoms with Crippen molar-refractivity contribution >= 4 is 0 Å². The largest absolute Gasteiger partial charge is 0.271 e. The number of hydrogen-bond acceptors (Lipinski definition) is 2. The van der Waals surface area contributed by atoms with Gasteiger partial charge in [-0.25, -0.2) is 9.82 Å². The van der Waals surface area contributed by atoms with Gasteiger partial charge >= 0.3 is 0 Å². The molecule has 0 spiro atoms. The Bertz CT molecular complexity index is 564. The Hall–Kier alpha value is -1.71. The van der Waals surface area contributed by atoms with Crippen LogP contribution in [0.5, 0.6) is 0 Å². The summed E-state index contributed by atoms with van der Waals surface area (Å²) < 4.78 is 14.1. The van der Waals surface area contributed by atoms with Crippen LogP contribution < -0.4 is 11.3 Å². The molecule has 2 aromatic carbocycles. The first kappa shape index (κ1) is 14.7. The second kappa shape index (κ2) is 6.64. The highest BCUT2D eigenvalue weighted by Crippen LogP contribution is 2.25. The molecule has 3 N–H and O–H groups in total. The van der Waals surface area contributed by atoms with Crippen molar-refractivity contribution in [3.05, 3.63) is 70.5 Å². The highest BCUT2D eigenvalue weighted by molar-refractivity contribution is 5.35. The van der Waals surface area contributed by atoms with Crippen molar-refractivity contribution < 1.29 is 4.39 Å². The fourth-order valence-electron chi connectivity index (χ4n) is 2.40. The van der Waals surface area contributed by atoms with E-state index in [1.807, 2.05) is 25.1 Å². The summed E-state index contributed by atoms with van der Waals surface area (Å²) in [5.74, 6) is 5.39. The summed E-state index contributed by atoms with van der Waals surface area (Å²) in [4.78, 5) is 0. The van der Waals surface area contributed by atoms with Gasteiger partial charge in [0.25, 0.3) is 0 Å². The number of rotatable bonds is 5. The van der Waals surface area contributed by atoms with Crippen molar-refractivity contribution in [2.24, 2.45) is 5.84 Å². The fourth-order valence-corrected chi connectivity index (χ4v) is 2.40. The van der Waals surface area contributed by atoms with E-state index >= 15 is 0 Å². The molecule has 2 rings (SSSR count). The zero-order valence-corrected chi connectivity index (χ0v) is 12.0. The van der Waals surface area contributed by atoms with Gasteiger partial charge in [-0.3, -0.25) is 5.84 Å². The third-order valence-electron chi connectivity index (χ3n) is 3.49. The first-order chi connectivity index (χ1) is 9.65. The molecule has 0 aromatic heterocycles. The monoisotopic (exact) mass is 272 g/mol. The van der Waals surface area contributed by atoms with E-state index in [0.29, 0.717) is 5.56 Å². The van der Waals surface area contributed by atoms with Crippen LogP contribution in [0, 0.1) is 12.7 Å². The molecule has 2 aromatic rings. The fraction of sp³-hybridized carbons (Fsp3) is 0.294. The van der Waals surface area contributed by atoms with Crippen LogP contribution in [0.3, 0.4) is 0 Å². The van der Waals surface area contributed by atoms with Crippen LogP contribution in [0.25, 0.3) is 0 Å². The average Bonchev–Trinajstić information content (AvgIpc) is 2.44. The highest BCUT2D eigenvalue weighted by atomic mass is 19.1. The molecule has 0 aliphatic heterocycles. The van der Waals surface area contributed by atoms with Crippen molar-refractivity contribution in [3.8, 4) is 0 Å². The highest BCUT2D eigenvalue weighted by Gasteiger charge is 2.16. The summed E-state index contributed by atoms with van der Waals surface area (Å²) in [6.45, 7) is 4.02. The Balaban J connectivity index is 2.31. The summed E-state index contributed by atoms with van der Waals surface area (Å²) in [5.41, 5.74) is 6.44. The second-order valence-electron chi connectivity index (χ2n) is 5.12. The van der Waals surface area contributed by atoms with Gasteiger partial charge in [0, 0.05) is 5.56 Å². The van der Waals surface area contributed by atoms with E-state index in [-0.39, 0.29) is 11.9 Å². The molecular weight excluding hydrogens is 251 g/mol. The molecule has 0 fully saturated rings. The maximum Gasteiger partial charge on any atom is 0.128 e. The van der Waals surface area contributed by atoms with Crippen LogP contribution in [-0.4, -0.2) is 0 Å². The smallest absolute Gasteiger partial charge is 0.128 e. The molecular formula is C17H21FN2. The van der Waals surface area contributed by atoms with Crippen molar-refractivity contribution in [1.29, 1.82) is 0 Å². The van der Waals surface area contributed by atoms with Gasteiger partial charge in [0.1, 0.15) is 5.82 Å². The van der Waals surface area contributed by atoms with Crippen molar-refractivity contribution in [3.63, 3.8) is 0 Å². The van der Waals surface area contributed by atoms with Gasteiger partial charge in [-0.1, -0.05) is 49.7 Å². The zero-order valence-electron chi connectivity index (χ0n) is 12.0. The lowest BCUT2D eigenvalue weighted by molar-refractivity contribution is 0.559. The van der Waals surface area contributed by atoms with Gasteiger partial charge in [-0.15, -0.1) is 0 Å². The standard InChI is InChI=1S/C17H21FN2/c1-3-4-13-6-8-14(9-7-13)17(20-19)15-10-5-12(2)11-16(15)18/h5-11,17,20H,3-4,19H2,1-2H3. The molecule has 1 unspecified atom stereocenters. The quantitative estimate of drug-likeness (QED) is 0.644. The molecule has 0 saturated heterocycles. The molecule has 0 bridgehead atoms. The van der Waals surface area contributed by atoms with Crippen molar-refractivity contribution in [2.45, 2.75) is 32.7 Å². The summed E-state index contributed by atoms with van der Waals surface area (Å²) >= 11 is 0. The van der Waals surface area contributed by atoms with Gasteiger partial charge in [-0.2, -0.15) is 0 Å². The molecule has 0 aliphatic carbocycles. The number of nitrogens with two attached hydrogens (primary N) is 1. The van der Waals surface area contributed by atoms with E-state index in [4.69, 9.17) is 5.84 Å². The third kappa shape index (κ3) is 3.24. The average molecular weight is 272 g/mol. The predicted molar refractivity (Wildman–Crippen MR) is 80.7 cm³/mol. The molecule has 106 valence electrons. The van der Waals surface area contributed by atoms with E-state index in [0.717, 1.165) is 24.0 Å². The van der Waals surface area contributed by atoms with Gasteiger partial charge in [0.15, 0.2) is 0 Å². The summed E-state index contributed by atoms with van der Waals surface area (Å²) in [6.07, 6.45) is 2.17. The SMILES string of the molecule is CCCc1ccc(C(NN)c2ccc(C)cc2F)cc1. The van der Waals surface area contributed by atoms with Crippen LogP contribution in [0.4, 0.5) is 4.39 Å². The Kier molecular flexibility index (Phi) is 4.88. The molecule has 0 aliphatic rings. The van der Waals surface area contributed by atoms with Crippen LogP contribution >= 0.6 is 0 Å². The molecule has 2 nitrogen and oxygen atoms in total. The number of nitrogens with one attached hydrogen (secondary N) is 1. The van der Waals surface area contributed by atoms with Gasteiger partial charge in [-0.05, 0) is 36.1 Å². The minimum absolute atomic E-state index is 0.231. The van der Waals surface area contributed by atoms with Gasteiger partial charge in [0.05, 0.1) is 6.04 Å². The predicted octanol–water partition coefficient (Wildman–Crippen LogP) is 3.64. The normalized spacial score (nSPS) is 12.4. The molecule has 3 heteroatoms. The third-order valence-corrected chi connectivity index (χ3v) is 3.49. The van der Waals surface area contributed by atoms with E-state index in [1.54, 1.807) is 6.07 Å². The molecule has 0 amide bonds. The van der Waals surface area contributed by atoms with Crippen LogP contribution in [0.1, 0.15) is 41.6 Å². The van der Waals surface area contributed by atoms with Crippen molar-refractivity contribution in [2.75, 3.05) is 0 Å². The van der Waals surface area contributed by atoms with Crippen molar-refractivity contribution in [1.82, 2.24) is 5.43 Å². The zero-order chi connectivity index (χ0) is 14.5.